The molecule has 0 saturated carbocycles. The lowest BCUT2D eigenvalue weighted by Gasteiger charge is -2.15. The summed E-state index contributed by atoms with van der Waals surface area (Å²) in [6.45, 7) is 0.143. The number of aryl methyl sites for hydroxylation is 2. The standard InChI is InChI=1S/C29H43N3O5/c1-31-29(30)32-24-9-6-8-21(17-24)11-12-23(20-33)7-4-5-10-25(34)19-26(35)15-13-22-14-16-27(36-2)28(18-22)37-3/h6,8-9,14,16-18,23,25,33-34H,4-5,7,10-13,15,19-20H2,1-3H3,(H3,30,31,32). The number of rotatable bonds is 17. The second-order valence-corrected chi connectivity index (χ2v) is 9.39. The Bertz CT molecular complexity index is 995. The van der Waals surface area contributed by atoms with Gasteiger partial charge in [0.25, 0.3) is 0 Å². The van der Waals surface area contributed by atoms with Gasteiger partial charge >= 0.3 is 0 Å². The summed E-state index contributed by atoms with van der Waals surface area (Å²) in [7, 11) is 4.81. The topological polar surface area (TPSA) is 126 Å². The molecule has 0 fully saturated rings. The fourth-order valence-corrected chi connectivity index (χ4v) is 4.31. The summed E-state index contributed by atoms with van der Waals surface area (Å²) in [6.07, 6.45) is 5.50. The lowest BCUT2D eigenvalue weighted by atomic mass is 9.93. The number of guanidine groups is 1. The van der Waals surface area contributed by atoms with Gasteiger partial charge in [-0.05, 0) is 73.4 Å². The number of ketones is 1. The van der Waals surface area contributed by atoms with Crippen LogP contribution in [0.2, 0.25) is 0 Å². The first-order valence-corrected chi connectivity index (χ1v) is 13.0. The molecular formula is C29H43N3O5. The number of methoxy groups -OCH3 is 2. The van der Waals surface area contributed by atoms with E-state index in [4.69, 9.17) is 15.2 Å². The normalized spacial score (nSPS) is 13.2. The molecule has 0 spiro atoms. The van der Waals surface area contributed by atoms with E-state index in [-0.39, 0.29) is 24.7 Å². The maximum absolute atomic E-state index is 12.3. The van der Waals surface area contributed by atoms with Crippen molar-refractivity contribution < 1.29 is 24.5 Å². The third-order valence-electron chi connectivity index (χ3n) is 6.54. The van der Waals surface area contributed by atoms with E-state index in [1.54, 1.807) is 21.3 Å². The predicted molar refractivity (Wildman–Crippen MR) is 148 cm³/mol. The molecule has 0 saturated heterocycles. The van der Waals surface area contributed by atoms with E-state index in [0.29, 0.717) is 36.7 Å². The lowest BCUT2D eigenvalue weighted by Crippen LogP contribution is -2.22. The van der Waals surface area contributed by atoms with Gasteiger partial charge in [-0.2, -0.15) is 0 Å². The van der Waals surface area contributed by atoms with Crippen molar-refractivity contribution in [3.05, 3.63) is 53.6 Å². The molecule has 37 heavy (non-hydrogen) atoms. The Hall–Kier alpha value is -3.10. The van der Waals surface area contributed by atoms with Crippen LogP contribution in [-0.2, 0) is 17.6 Å². The number of anilines is 1. The van der Waals surface area contributed by atoms with Gasteiger partial charge in [-0.1, -0.05) is 31.0 Å². The molecule has 2 unspecified atom stereocenters. The number of aliphatic hydroxyl groups is 2. The van der Waals surface area contributed by atoms with Gasteiger partial charge in [0.05, 0.1) is 20.3 Å². The highest BCUT2D eigenvalue weighted by Gasteiger charge is 2.13. The van der Waals surface area contributed by atoms with E-state index in [1.807, 2.05) is 36.4 Å². The second-order valence-electron chi connectivity index (χ2n) is 9.39. The third kappa shape index (κ3) is 11.2. The van der Waals surface area contributed by atoms with Crippen molar-refractivity contribution in [3.63, 3.8) is 0 Å². The molecule has 0 amide bonds. The van der Waals surface area contributed by atoms with Crippen molar-refractivity contribution in [2.24, 2.45) is 16.6 Å². The summed E-state index contributed by atoms with van der Waals surface area (Å²) in [6, 6.07) is 13.7. The number of unbranched alkanes of at least 4 members (excludes halogenated alkanes) is 1. The number of nitrogens with one attached hydrogen (secondary N) is 1. The number of ether oxygens (including phenoxy) is 2. The highest BCUT2D eigenvalue weighted by atomic mass is 16.5. The fourth-order valence-electron chi connectivity index (χ4n) is 4.31. The second kappa shape index (κ2) is 16.6. The Balaban J connectivity index is 1.65. The van der Waals surface area contributed by atoms with E-state index in [1.165, 1.54) is 5.56 Å². The Morgan fingerprint density at radius 2 is 1.73 bits per heavy atom. The molecule has 204 valence electrons. The van der Waals surface area contributed by atoms with Crippen molar-refractivity contribution in [3.8, 4) is 11.5 Å². The van der Waals surface area contributed by atoms with Gasteiger partial charge in [0.2, 0.25) is 0 Å². The van der Waals surface area contributed by atoms with Gasteiger partial charge < -0.3 is 30.7 Å². The maximum Gasteiger partial charge on any atom is 0.192 e. The van der Waals surface area contributed by atoms with Crippen molar-refractivity contribution in [1.82, 2.24) is 0 Å². The first-order valence-electron chi connectivity index (χ1n) is 13.0. The fraction of sp³-hybridized carbons (Fsp3) is 0.517. The number of Topliss-reactive ketones (excluding diaryl/α,β-unsaturated/α-hetero) is 1. The van der Waals surface area contributed by atoms with Crippen LogP contribution in [0.3, 0.4) is 0 Å². The quantitative estimate of drug-likeness (QED) is 0.142. The summed E-state index contributed by atoms with van der Waals surface area (Å²) in [4.78, 5) is 16.3. The highest BCUT2D eigenvalue weighted by molar-refractivity contribution is 5.92. The molecule has 0 aliphatic heterocycles. The van der Waals surface area contributed by atoms with Gasteiger partial charge in [0, 0.05) is 32.2 Å². The summed E-state index contributed by atoms with van der Waals surface area (Å²) in [5.41, 5.74) is 8.80. The van der Waals surface area contributed by atoms with Gasteiger partial charge in [-0.15, -0.1) is 0 Å². The maximum atomic E-state index is 12.3. The van der Waals surface area contributed by atoms with Crippen LogP contribution in [0.5, 0.6) is 11.5 Å². The number of hydrogen-bond donors (Lipinski definition) is 4. The first-order chi connectivity index (χ1) is 17.9. The zero-order chi connectivity index (χ0) is 27.0. The molecule has 8 nitrogen and oxygen atoms in total. The summed E-state index contributed by atoms with van der Waals surface area (Å²) in [5.74, 6) is 1.93. The van der Waals surface area contributed by atoms with Gasteiger partial charge in [-0.25, -0.2) is 0 Å². The molecule has 8 heteroatoms. The molecule has 0 radical (unpaired) electrons. The monoisotopic (exact) mass is 513 g/mol. The number of carbonyl (C=O) groups is 1. The Morgan fingerprint density at radius 3 is 2.43 bits per heavy atom. The zero-order valence-electron chi connectivity index (χ0n) is 22.4. The SMILES string of the molecule is CN=C(N)Nc1cccc(CCC(CO)CCCCC(O)CC(=O)CCc2ccc(OC)c(OC)c2)c1. The third-order valence-corrected chi connectivity index (χ3v) is 6.54. The van der Waals surface area contributed by atoms with Crippen molar-refractivity contribution in [2.75, 3.05) is 33.2 Å². The number of benzene rings is 2. The molecule has 2 atom stereocenters. The van der Waals surface area contributed by atoms with Crippen molar-refractivity contribution in [1.29, 1.82) is 0 Å². The average Bonchev–Trinajstić information content (AvgIpc) is 2.91. The van der Waals surface area contributed by atoms with Crippen LogP contribution in [0, 0.1) is 5.92 Å². The van der Waals surface area contributed by atoms with Crippen LogP contribution in [0.25, 0.3) is 0 Å². The molecular weight excluding hydrogens is 470 g/mol. The number of nitrogens with two attached hydrogens (primary N) is 1. The number of aliphatic hydroxyl groups excluding tert-OH is 2. The summed E-state index contributed by atoms with van der Waals surface area (Å²) < 4.78 is 10.6. The van der Waals surface area contributed by atoms with Crippen LogP contribution in [0.15, 0.2) is 47.5 Å². The van der Waals surface area contributed by atoms with E-state index >= 15 is 0 Å². The van der Waals surface area contributed by atoms with Crippen LogP contribution < -0.4 is 20.5 Å². The minimum Gasteiger partial charge on any atom is -0.493 e. The van der Waals surface area contributed by atoms with E-state index in [0.717, 1.165) is 43.4 Å². The minimum atomic E-state index is -0.625. The van der Waals surface area contributed by atoms with Gasteiger partial charge in [0.15, 0.2) is 17.5 Å². The summed E-state index contributed by atoms with van der Waals surface area (Å²) in [5, 5.41) is 23.2. The van der Waals surface area contributed by atoms with E-state index < -0.39 is 6.10 Å². The van der Waals surface area contributed by atoms with Gasteiger partial charge in [0.1, 0.15) is 5.78 Å². The van der Waals surface area contributed by atoms with Crippen molar-refractivity contribution in [2.45, 2.75) is 63.9 Å². The Kier molecular flexibility index (Phi) is 13.5. The number of hydrogen-bond acceptors (Lipinski definition) is 6. The smallest absolute Gasteiger partial charge is 0.192 e. The zero-order valence-corrected chi connectivity index (χ0v) is 22.4. The molecule has 0 bridgehead atoms. The molecule has 0 aliphatic carbocycles. The van der Waals surface area contributed by atoms with Crippen LogP contribution in [0.1, 0.15) is 56.1 Å². The van der Waals surface area contributed by atoms with Crippen LogP contribution >= 0.6 is 0 Å². The van der Waals surface area contributed by atoms with E-state index in [9.17, 15) is 15.0 Å². The molecule has 5 N–H and O–H groups in total. The molecule has 0 aromatic heterocycles. The Morgan fingerprint density at radius 1 is 1.00 bits per heavy atom. The number of carbonyl (C=O) groups excluding carboxylic acids is 1. The van der Waals surface area contributed by atoms with Gasteiger partial charge in [-0.3, -0.25) is 9.79 Å². The minimum absolute atomic E-state index is 0.0548. The molecule has 0 heterocycles. The molecule has 0 aliphatic rings. The van der Waals surface area contributed by atoms with Crippen LogP contribution in [0.4, 0.5) is 5.69 Å². The van der Waals surface area contributed by atoms with E-state index in [2.05, 4.69) is 16.4 Å². The largest absolute Gasteiger partial charge is 0.493 e. The Labute approximate surface area is 220 Å². The van der Waals surface area contributed by atoms with Crippen LogP contribution in [-0.4, -0.2) is 55.9 Å². The molecule has 2 aromatic rings. The first kappa shape index (κ1) is 30.1. The lowest BCUT2D eigenvalue weighted by molar-refractivity contribution is -0.121. The molecule has 2 aromatic carbocycles. The number of aliphatic imine (C=N–C) groups is 1. The molecule has 2 rings (SSSR count). The average molecular weight is 514 g/mol. The highest BCUT2D eigenvalue weighted by Crippen LogP contribution is 2.28. The predicted octanol–water partition coefficient (Wildman–Crippen LogP) is 4.11. The van der Waals surface area contributed by atoms with Crippen molar-refractivity contribution >= 4 is 17.4 Å². The summed E-state index contributed by atoms with van der Waals surface area (Å²) >= 11 is 0. The number of nitrogens with zero attached hydrogens (tertiary/aromatic N) is 1.